The molecule has 0 spiro atoms. The number of hydrogen-bond acceptors (Lipinski definition) is 2. The molecule has 0 radical (unpaired) electrons. The number of halogens is 4. The summed E-state index contributed by atoms with van der Waals surface area (Å²) >= 11 is 3.06. The number of amides is 2. The topological polar surface area (TPSA) is 58.2 Å². The number of hydrogen-bond donors (Lipinski definition) is 2. The molecule has 2 aromatic rings. The first-order valence-corrected chi connectivity index (χ1v) is 7.55. The highest BCUT2D eigenvalue weighted by molar-refractivity contribution is 9.10. The Hall–Kier alpha value is -2.35. The van der Waals surface area contributed by atoms with Crippen LogP contribution in [0.1, 0.15) is 22.0 Å². The van der Waals surface area contributed by atoms with Crippen molar-refractivity contribution in [1.82, 2.24) is 10.6 Å². The third-order valence-electron chi connectivity index (χ3n) is 3.24. The van der Waals surface area contributed by atoms with Crippen LogP contribution in [0, 0.1) is 17.5 Å². The van der Waals surface area contributed by atoms with E-state index in [2.05, 4.69) is 26.6 Å². The predicted molar refractivity (Wildman–Crippen MR) is 84.7 cm³/mol. The summed E-state index contributed by atoms with van der Waals surface area (Å²) in [5.74, 6) is -4.05. The normalized spacial score (nSPS) is 11.7. The van der Waals surface area contributed by atoms with Crippen molar-refractivity contribution in [2.75, 3.05) is 7.05 Å². The maximum absolute atomic E-state index is 13.4. The van der Waals surface area contributed by atoms with Gasteiger partial charge in [-0.25, -0.2) is 13.2 Å². The number of nitrogens with one attached hydrogen (secondary N) is 2. The minimum Gasteiger partial charge on any atom is -0.357 e. The van der Waals surface area contributed by atoms with Gasteiger partial charge in [-0.1, -0.05) is 6.07 Å². The molecule has 0 saturated carbocycles. The molecule has 126 valence electrons. The van der Waals surface area contributed by atoms with Crippen LogP contribution in [0.4, 0.5) is 13.2 Å². The van der Waals surface area contributed by atoms with Gasteiger partial charge in [-0.2, -0.15) is 0 Å². The van der Waals surface area contributed by atoms with Gasteiger partial charge in [0.2, 0.25) is 5.91 Å². The van der Waals surface area contributed by atoms with Crippen molar-refractivity contribution in [1.29, 1.82) is 0 Å². The van der Waals surface area contributed by atoms with Crippen LogP contribution in [0.25, 0.3) is 0 Å². The molecule has 0 fully saturated rings. The lowest BCUT2D eigenvalue weighted by Gasteiger charge is -2.18. The zero-order chi connectivity index (χ0) is 17.9. The van der Waals surface area contributed by atoms with E-state index in [0.717, 1.165) is 24.3 Å². The van der Waals surface area contributed by atoms with Crippen molar-refractivity contribution in [3.63, 3.8) is 0 Å². The first kappa shape index (κ1) is 18.0. The fourth-order valence-corrected chi connectivity index (χ4v) is 2.55. The summed E-state index contributed by atoms with van der Waals surface area (Å²) in [6.45, 7) is 0. The predicted octanol–water partition coefficient (Wildman–Crippen LogP) is 3.08. The van der Waals surface area contributed by atoms with Crippen molar-refractivity contribution in [2.45, 2.75) is 6.04 Å². The minimum atomic E-state index is -1.24. The van der Waals surface area contributed by atoms with Gasteiger partial charge in [0, 0.05) is 11.5 Å². The van der Waals surface area contributed by atoms with Gasteiger partial charge in [0.25, 0.3) is 5.91 Å². The van der Waals surface area contributed by atoms with Gasteiger partial charge >= 0.3 is 0 Å². The molecule has 2 aromatic carbocycles. The molecule has 2 amide bonds. The van der Waals surface area contributed by atoms with Crippen LogP contribution in [0.3, 0.4) is 0 Å². The average Bonchev–Trinajstić information content (AvgIpc) is 2.54. The second-order valence-corrected chi connectivity index (χ2v) is 5.67. The minimum absolute atomic E-state index is 0.0693. The van der Waals surface area contributed by atoms with Crippen LogP contribution in [-0.4, -0.2) is 18.9 Å². The summed E-state index contributed by atoms with van der Waals surface area (Å²) in [5, 5.41) is 4.75. The van der Waals surface area contributed by atoms with Crippen LogP contribution in [0.2, 0.25) is 0 Å². The Labute approximate surface area is 144 Å². The Morgan fingerprint density at radius 1 is 1.04 bits per heavy atom. The van der Waals surface area contributed by atoms with Crippen LogP contribution in [-0.2, 0) is 4.79 Å². The first-order valence-electron chi connectivity index (χ1n) is 6.76. The first-order chi connectivity index (χ1) is 11.3. The van der Waals surface area contributed by atoms with Gasteiger partial charge in [0.15, 0.2) is 11.6 Å². The number of rotatable bonds is 4. The van der Waals surface area contributed by atoms with E-state index in [4.69, 9.17) is 0 Å². The molecule has 1 atom stereocenters. The third-order valence-corrected chi connectivity index (χ3v) is 3.89. The number of benzene rings is 2. The molecule has 0 heterocycles. The van der Waals surface area contributed by atoms with E-state index in [0.29, 0.717) is 0 Å². The van der Waals surface area contributed by atoms with Crippen LogP contribution < -0.4 is 10.6 Å². The number of carbonyl (C=O) groups excluding carboxylic acids is 2. The van der Waals surface area contributed by atoms with E-state index >= 15 is 0 Å². The summed E-state index contributed by atoms with van der Waals surface area (Å²) in [4.78, 5) is 24.3. The van der Waals surface area contributed by atoms with Gasteiger partial charge in [0.1, 0.15) is 11.9 Å². The molecule has 0 aromatic heterocycles. The molecule has 0 aliphatic rings. The molecule has 0 aliphatic heterocycles. The quantitative estimate of drug-likeness (QED) is 0.828. The Bertz CT molecular complexity index is 799. The monoisotopic (exact) mass is 400 g/mol. The van der Waals surface area contributed by atoms with Crippen LogP contribution in [0.5, 0.6) is 0 Å². The smallest absolute Gasteiger partial charge is 0.253 e. The molecule has 8 heteroatoms. The second kappa shape index (κ2) is 7.48. The Morgan fingerprint density at radius 2 is 1.75 bits per heavy atom. The highest BCUT2D eigenvalue weighted by Crippen LogP contribution is 2.21. The van der Waals surface area contributed by atoms with Crippen LogP contribution >= 0.6 is 15.9 Å². The molecule has 24 heavy (non-hydrogen) atoms. The zero-order valence-corrected chi connectivity index (χ0v) is 14.0. The molecule has 0 bridgehead atoms. The van der Waals surface area contributed by atoms with Gasteiger partial charge in [0.05, 0.1) is 5.56 Å². The molecule has 2 N–H and O–H groups in total. The maximum atomic E-state index is 13.4. The second-order valence-electron chi connectivity index (χ2n) is 4.82. The fraction of sp³-hybridized carbons (Fsp3) is 0.125. The molecule has 1 unspecified atom stereocenters. The van der Waals surface area contributed by atoms with Crippen molar-refractivity contribution in [2.24, 2.45) is 0 Å². The third kappa shape index (κ3) is 3.94. The fourth-order valence-electron chi connectivity index (χ4n) is 2.02. The summed E-state index contributed by atoms with van der Waals surface area (Å²) in [6.07, 6.45) is 0. The molecule has 2 rings (SSSR count). The highest BCUT2D eigenvalue weighted by atomic mass is 79.9. The van der Waals surface area contributed by atoms with Crippen LogP contribution in [0.15, 0.2) is 40.9 Å². The Balaban J connectivity index is 2.33. The molecule has 4 nitrogen and oxygen atoms in total. The number of likely N-dealkylation sites (N-methyl/N-ethyl adjacent to an activating group) is 1. The summed E-state index contributed by atoms with van der Waals surface area (Å²) in [6, 6.07) is 5.07. The summed E-state index contributed by atoms with van der Waals surface area (Å²) in [7, 11) is 1.34. The van der Waals surface area contributed by atoms with Gasteiger partial charge in [-0.3, -0.25) is 9.59 Å². The lowest BCUT2D eigenvalue weighted by atomic mass is 10.0. The molecule has 0 saturated heterocycles. The van der Waals surface area contributed by atoms with Gasteiger partial charge in [-0.05, 0) is 51.8 Å². The van der Waals surface area contributed by atoms with Crippen molar-refractivity contribution in [3.05, 3.63) is 69.4 Å². The van der Waals surface area contributed by atoms with Gasteiger partial charge in [-0.15, -0.1) is 0 Å². The van der Waals surface area contributed by atoms with E-state index in [-0.39, 0.29) is 15.6 Å². The standard InChI is InChI=1S/C16H12BrF3N2O2/c1-21-16(24)14(8-2-5-12(19)13(20)6-8)22-15(23)10-4-3-9(18)7-11(10)17/h2-7,14H,1H3,(H,21,24)(H,22,23). The summed E-state index contributed by atoms with van der Waals surface area (Å²) in [5.41, 5.74) is 0.160. The SMILES string of the molecule is CNC(=O)C(NC(=O)c1ccc(F)cc1Br)c1ccc(F)c(F)c1. The van der Waals surface area contributed by atoms with E-state index < -0.39 is 35.3 Å². The van der Waals surface area contributed by atoms with E-state index in [1.165, 1.54) is 19.2 Å². The van der Waals surface area contributed by atoms with Crippen molar-refractivity contribution < 1.29 is 22.8 Å². The summed E-state index contributed by atoms with van der Waals surface area (Å²) < 4.78 is 39.8. The Morgan fingerprint density at radius 3 is 2.33 bits per heavy atom. The average molecular weight is 401 g/mol. The largest absolute Gasteiger partial charge is 0.357 e. The Kier molecular flexibility index (Phi) is 5.61. The van der Waals surface area contributed by atoms with E-state index in [9.17, 15) is 22.8 Å². The van der Waals surface area contributed by atoms with Crippen molar-refractivity contribution in [3.8, 4) is 0 Å². The lowest BCUT2D eigenvalue weighted by Crippen LogP contribution is -2.39. The molecule has 0 aliphatic carbocycles. The van der Waals surface area contributed by atoms with Crippen molar-refractivity contribution >= 4 is 27.7 Å². The van der Waals surface area contributed by atoms with E-state index in [1.54, 1.807) is 0 Å². The molecular weight excluding hydrogens is 389 g/mol. The molecular formula is C16H12BrF3N2O2. The zero-order valence-electron chi connectivity index (χ0n) is 12.4. The maximum Gasteiger partial charge on any atom is 0.253 e. The van der Waals surface area contributed by atoms with E-state index in [1.807, 2.05) is 0 Å². The highest BCUT2D eigenvalue weighted by Gasteiger charge is 2.24. The lowest BCUT2D eigenvalue weighted by molar-refractivity contribution is -0.122. The van der Waals surface area contributed by atoms with Gasteiger partial charge < -0.3 is 10.6 Å². The number of carbonyl (C=O) groups is 2.